The summed E-state index contributed by atoms with van der Waals surface area (Å²) in [7, 11) is 4.05. The molecule has 1 rings (SSSR count). The smallest absolute Gasteiger partial charge is 0.215 e. The minimum absolute atomic E-state index is 0.320. The zero-order valence-electron chi connectivity index (χ0n) is 9.23. The van der Waals surface area contributed by atoms with Crippen molar-refractivity contribution in [2.45, 2.75) is 6.42 Å². The van der Waals surface area contributed by atoms with Gasteiger partial charge in [0.25, 0.3) is 0 Å². The van der Waals surface area contributed by atoms with E-state index in [9.17, 15) is 0 Å². The van der Waals surface area contributed by atoms with Crippen molar-refractivity contribution in [3.05, 3.63) is 12.1 Å². The molecule has 1 aromatic heterocycles. The first-order chi connectivity index (χ1) is 7.09. The van der Waals surface area contributed by atoms with Gasteiger partial charge in [-0.05, 0) is 26.6 Å². The standard InChI is InChI=1S/C10H18N4O/c1-14(2)6-3-7-15-9-5-4-8(11)10(12)13-9/h4-5H,3,6-7,11H2,1-2H3,(H2,12,13). The van der Waals surface area contributed by atoms with Crippen LogP contribution in [0.1, 0.15) is 6.42 Å². The van der Waals surface area contributed by atoms with Crippen LogP contribution in [0.4, 0.5) is 11.5 Å². The molecular formula is C10H18N4O. The van der Waals surface area contributed by atoms with E-state index >= 15 is 0 Å². The molecule has 0 fully saturated rings. The number of hydrogen-bond donors (Lipinski definition) is 2. The van der Waals surface area contributed by atoms with Crippen LogP contribution in [0.15, 0.2) is 12.1 Å². The summed E-state index contributed by atoms with van der Waals surface area (Å²) >= 11 is 0. The van der Waals surface area contributed by atoms with Crippen LogP contribution in [-0.4, -0.2) is 37.1 Å². The van der Waals surface area contributed by atoms with Gasteiger partial charge in [-0.3, -0.25) is 0 Å². The van der Waals surface area contributed by atoms with E-state index in [4.69, 9.17) is 16.2 Å². The molecule has 0 atom stereocenters. The third-order valence-electron chi connectivity index (χ3n) is 1.93. The summed E-state index contributed by atoms with van der Waals surface area (Å²) in [4.78, 5) is 6.11. The lowest BCUT2D eigenvalue weighted by Gasteiger charge is -2.10. The minimum Gasteiger partial charge on any atom is -0.478 e. The fourth-order valence-electron chi connectivity index (χ4n) is 1.10. The topological polar surface area (TPSA) is 77.4 Å². The number of nitrogens with zero attached hydrogens (tertiary/aromatic N) is 2. The van der Waals surface area contributed by atoms with E-state index in [1.165, 1.54) is 0 Å². The van der Waals surface area contributed by atoms with Crippen molar-refractivity contribution in [3.8, 4) is 5.88 Å². The highest BCUT2D eigenvalue weighted by molar-refractivity contribution is 5.58. The third kappa shape index (κ3) is 4.03. The SMILES string of the molecule is CN(C)CCCOc1ccc(N)c(N)n1. The summed E-state index contributed by atoms with van der Waals surface area (Å²) in [6, 6.07) is 3.42. The van der Waals surface area contributed by atoms with Crippen molar-refractivity contribution in [2.75, 3.05) is 38.7 Å². The van der Waals surface area contributed by atoms with Gasteiger partial charge in [-0.2, -0.15) is 4.98 Å². The molecule has 1 aromatic rings. The van der Waals surface area contributed by atoms with Gasteiger partial charge in [0.2, 0.25) is 5.88 Å². The second kappa shape index (κ2) is 5.41. The fraction of sp³-hybridized carbons (Fsp3) is 0.500. The van der Waals surface area contributed by atoms with E-state index in [2.05, 4.69) is 9.88 Å². The number of hydrogen-bond acceptors (Lipinski definition) is 5. The van der Waals surface area contributed by atoms with E-state index in [-0.39, 0.29) is 0 Å². The van der Waals surface area contributed by atoms with Gasteiger partial charge in [0.15, 0.2) is 5.82 Å². The van der Waals surface area contributed by atoms with Gasteiger partial charge in [0.05, 0.1) is 12.3 Å². The highest BCUT2D eigenvalue weighted by Gasteiger charge is 1.99. The Morgan fingerprint density at radius 1 is 1.33 bits per heavy atom. The largest absolute Gasteiger partial charge is 0.478 e. The normalized spacial score (nSPS) is 10.6. The van der Waals surface area contributed by atoms with Gasteiger partial charge in [-0.1, -0.05) is 0 Å². The third-order valence-corrected chi connectivity index (χ3v) is 1.93. The summed E-state index contributed by atoms with van der Waals surface area (Å²) in [5, 5.41) is 0. The molecular weight excluding hydrogens is 192 g/mol. The molecule has 0 bridgehead atoms. The number of nitrogens with two attached hydrogens (primary N) is 2. The van der Waals surface area contributed by atoms with Crippen LogP contribution >= 0.6 is 0 Å². The number of pyridine rings is 1. The highest BCUT2D eigenvalue weighted by Crippen LogP contribution is 2.16. The second-order valence-corrected chi connectivity index (χ2v) is 3.63. The summed E-state index contributed by atoms with van der Waals surface area (Å²) in [5.41, 5.74) is 11.6. The van der Waals surface area contributed by atoms with Crippen molar-refractivity contribution >= 4 is 11.5 Å². The molecule has 0 amide bonds. The molecule has 0 spiro atoms. The molecule has 1 heterocycles. The van der Waals surface area contributed by atoms with Gasteiger partial charge < -0.3 is 21.1 Å². The monoisotopic (exact) mass is 210 g/mol. The molecule has 5 nitrogen and oxygen atoms in total. The molecule has 0 aliphatic heterocycles. The van der Waals surface area contributed by atoms with Crippen molar-refractivity contribution in [1.29, 1.82) is 0 Å². The maximum atomic E-state index is 5.55. The zero-order valence-corrected chi connectivity index (χ0v) is 9.23. The first kappa shape index (κ1) is 11.6. The predicted octanol–water partition coefficient (Wildman–Crippen LogP) is 0.577. The van der Waals surface area contributed by atoms with Gasteiger partial charge in [-0.25, -0.2) is 0 Å². The lowest BCUT2D eigenvalue weighted by atomic mass is 10.4. The van der Waals surface area contributed by atoms with Gasteiger partial charge in [0, 0.05) is 12.6 Å². The molecule has 0 aromatic carbocycles. The van der Waals surface area contributed by atoms with Gasteiger partial charge in [-0.15, -0.1) is 0 Å². The molecule has 0 unspecified atom stereocenters. The van der Waals surface area contributed by atoms with E-state index in [1.807, 2.05) is 14.1 Å². The molecule has 84 valence electrons. The lowest BCUT2D eigenvalue weighted by Crippen LogP contribution is -2.15. The Balaban J connectivity index is 2.35. The quantitative estimate of drug-likeness (QED) is 0.695. The van der Waals surface area contributed by atoms with Crippen molar-refractivity contribution in [2.24, 2.45) is 0 Å². The van der Waals surface area contributed by atoms with Crippen LogP contribution in [0.5, 0.6) is 5.88 Å². The second-order valence-electron chi connectivity index (χ2n) is 3.63. The first-order valence-corrected chi connectivity index (χ1v) is 4.89. The Morgan fingerprint density at radius 3 is 2.67 bits per heavy atom. The molecule has 5 heteroatoms. The Labute approximate surface area is 90.0 Å². The van der Waals surface area contributed by atoms with Crippen molar-refractivity contribution in [1.82, 2.24) is 9.88 Å². The Bertz CT molecular complexity index is 314. The van der Waals surface area contributed by atoms with Crippen LogP contribution in [0.2, 0.25) is 0 Å². The van der Waals surface area contributed by atoms with E-state index in [1.54, 1.807) is 12.1 Å². The number of aromatic nitrogens is 1. The number of anilines is 2. The maximum Gasteiger partial charge on any atom is 0.215 e. The van der Waals surface area contributed by atoms with E-state index in [0.29, 0.717) is 24.0 Å². The molecule has 0 radical (unpaired) electrons. The summed E-state index contributed by atoms with van der Waals surface area (Å²) in [5.74, 6) is 0.848. The molecule has 0 saturated carbocycles. The Morgan fingerprint density at radius 2 is 2.07 bits per heavy atom. The van der Waals surface area contributed by atoms with Crippen LogP contribution in [-0.2, 0) is 0 Å². The van der Waals surface area contributed by atoms with Crippen LogP contribution in [0.25, 0.3) is 0 Å². The zero-order chi connectivity index (χ0) is 11.3. The number of nitrogen functional groups attached to an aromatic ring is 2. The first-order valence-electron chi connectivity index (χ1n) is 4.89. The molecule has 15 heavy (non-hydrogen) atoms. The van der Waals surface area contributed by atoms with Crippen molar-refractivity contribution < 1.29 is 4.74 Å². The van der Waals surface area contributed by atoms with Crippen LogP contribution in [0, 0.1) is 0 Å². The van der Waals surface area contributed by atoms with E-state index in [0.717, 1.165) is 13.0 Å². The average molecular weight is 210 g/mol. The molecule has 0 aliphatic rings. The number of rotatable bonds is 5. The summed E-state index contributed by atoms with van der Waals surface area (Å²) in [6.07, 6.45) is 0.957. The van der Waals surface area contributed by atoms with E-state index < -0.39 is 0 Å². The molecule has 0 aliphatic carbocycles. The lowest BCUT2D eigenvalue weighted by molar-refractivity contribution is 0.273. The fourth-order valence-corrected chi connectivity index (χ4v) is 1.10. The Hall–Kier alpha value is -1.49. The number of ether oxygens (including phenoxy) is 1. The summed E-state index contributed by atoms with van der Waals surface area (Å²) in [6.45, 7) is 1.62. The minimum atomic E-state index is 0.320. The summed E-state index contributed by atoms with van der Waals surface area (Å²) < 4.78 is 5.42. The van der Waals surface area contributed by atoms with Crippen LogP contribution < -0.4 is 16.2 Å². The van der Waals surface area contributed by atoms with Gasteiger partial charge in [0.1, 0.15) is 0 Å². The van der Waals surface area contributed by atoms with Gasteiger partial charge >= 0.3 is 0 Å². The predicted molar refractivity (Wildman–Crippen MR) is 61.7 cm³/mol. The maximum absolute atomic E-state index is 5.55. The Kier molecular flexibility index (Phi) is 4.17. The average Bonchev–Trinajstić information content (AvgIpc) is 2.18. The van der Waals surface area contributed by atoms with Crippen LogP contribution in [0.3, 0.4) is 0 Å². The van der Waals surface area contributed by atoms with Crippen molar-refractivity contribution in [3.63, 3.8) is 0 Å². The highest BCUT2D eigenvalue weighted by atomic mass is 16.5. The molecule has 4 N–H and O–H groups in total. The molecule has 0 saturated heterocycles.